The zero-order chi connectivity index (χ0) is 12.5. The fraction of sp³-hybridized carbons (Fsp3) is 0.625. The molecule has 1 aromatic rings. The normalized spacial score (nSPS) is 17.5. The van der Waals surface area contributed by atoms with Crippen LogP contribution >= 0.6 is 0 Å². The summed E-state index contributed by atoms with van der Waals surface area (Å²) in [7, 11) is 0. The summed E-state index contributed by atoms with van der Waals surface area (Å²) >= 11 is 0. The summed E-state index contributed by atoms with van der Waals surface area (Å²) in [5, 5.41) is 3.67. The molecule has 1 heteroatoms. The Balaban J connectivity index is 1.91. The zero-order valence-corrected chi connectivity index (χ0v) is 11.6. The van der Waals surface area contributed by atoms with Crippen molar-refractivity contribution in [3.63, 3.8) is 0 Å². The second-order valence-corrected chi connectivity index (χ2v) is 5.99. The number of nitrogens with one attached hydrogen (secondary N) is 1. The summed E-state index contributed by atoms with van der Waals surface area (Å²) in [6, 6.07) is 6.56. The van der Waals surface area contributed by atoms with Crippen LogP contribution < -0.4 is 5.32 Å². The number of hydrogen-bond donors (Lipinski definition) is 1. The van der Waals surface area contributed by atoms with Crippen molar-refractivity contribution in [2.45, 2.75) is 47.1 Å². The van der Waals surface area contributed by atoms with Crippen molar-refractivity contribution in [1.29, 1.82) is 0 Å². The molecule has 2 rings (SSSR count). The SMILES string of the molecule is Cc1cccc(C)c1CNCC1(C(C)C)CC1. The quantitative estimate of drug-likeness (QED) is 0.812. The van der Waals surface area contributed by atoms with Crippen molar-refractivity contribution < 1.29 is 0 Å². The van der Waals surface area contributed by atoms with Gasteiger partial charge in [-0.15, -0.1) is 0 Å². The molecule has 94 valence electrons. The van der Waals surface area contributed by atoms with Gasteiger partial charge in [0.15, 0.2) is 0 Å². The number of hydrogen-bond acceptors (Lipinski definition) is 1. The molecule has 0 atom stereocenters. The average Bonchev–Trinajstić information content (AvgIpc) is 3.03. The van der Waals surface area contributed by atoms with Crippen LogP contribution in [-0.2, 0) is 6.54 Å². The van der Waals surface area contributed by atoms with Crippen LogP contribution in [0.1, 0.15) is 43.4 Å². The van der Waals surface area contributed by atoms with E-state index in [9.17, 15) is 0 Å². The first kappa shape index (κ1) is 12.6. The Morgan fingerprint density at radius 2 is 1.76 bits per heavy atom. The minimum Gasteiger partial charge on any atom is -0.312 e. The molecule has 1 nitrogen and oxygen atoms in total. The monoisotopic (exact) mass is 231 g/mol. The molecule has 0 amide bonds. The summed E-state index contributed by atoms with van der Waals surface area (Å²) in [5.74, 6) is 0.813. The number of aryl methyl sites for hydroxylation is 2. The van der Waals surface area contributed by atoms with Crippen LogP contribution in [0.15, 0.2) is 18.2 Å². The van der Waals surface area contributed by atoms with Crippen molar-refractivity contribution in [2.24, 2.45) is 11.3 Å². The lowest BCUT2D eigenvalue weighted by molar-refractivity contribution is 0.337. The van der Waals surface area contributed by atoms with E-state index in [2.05, 4.69) is 51.2 Å². The Kier molecular flexibility index (Phi) is 3.58. The van der Waals surface area contributed by atoms with Crippen LogP contribution in [0.3, 0.4) is 0 Å². The maximum atomic E-state index is 3.67. The minimum absolute atomic E-state index is 0.608. The van der Waals surface area contributed by atoms with Gasteiger partial charge in [-0.3, -0.25) is 0 Å². The van der Waals surface area contributed by atoms with Crippen molar-refractivity contribution in [2.75, 3.05) is 6.54 Å². The predicted molar refractivity (Wildman–Crippen MR) is 74.1 cm³/mol. The summed E-state index contributed by atoms with van der Waals surface area (Å²) in [5.41, 5.74) is 4.90. The van der Waals surface area contributed by atoms with Crippen molar-refractivity contribution in [3.8, 4) is 0 Å². The smallest absolute Gasteiger partial charge is 0.0210 e. The molecule has 1 aliphatic rings. The van der Waals surface area contributed by atoms with Gasteiger partial charge >= 0.3 is 0 Å². The second kappa shape index (κ2) is 4.81. The molecule has 17 heavy (non-hydrogen) atoms. The van der Waals surface area contributed by atoms with Gasteiger partial charge in [-0.1, -0.05) is 32.0 Å². The first-order chi connectivity index (χ1) is 8.05. The first-order valence-electron chi connectivity index (χ1n) is 6.81. The Morgan fingerprint density at radius 1 is 1.18 bits per heavy atom. The van der Waals surface area contributed by atoms with E-state index in [0.29, 0.717) is 5.41 Å². The highest BCUT2D eigenvalue weighted by molar-refractivity contribution is 5.33. The summed E-state index contributed by atoms with van der Waals surface area (Å²) < 4.78 is 0. The highest BCUT2D eigenvalue weighted by Gasteiger charge is 2.44. The third-order valence-electron chi connectivity index (χ3n) is 4.54. The maximum absolute atomic E-state index is 3.67. The van der Waals surface area contributed by atoms with E-state index in [0.717, 1.165) is 12.5 Å². The molecular formula is C16H25N. The highest BCUT2D eigenvalue weighted by atomic mass is 14.9. The molecule has 0 radical (unpaired) electrons. The van der Waals surface area contributed by atoms with E-state index >= 15 is 0 Å². The molecular weight excluding hydrogens is 206 g/mol. The Labute approximate surface area is 106 Å². The lowest BCUT2D eigenvalue weighted by Gasteiger charge is -2.21. The van der Waals surface area contributed by atoms with Crippen molar-refractivity contribution >= 4 is 0 Å². The fourth-order valence-electron chi connectivity index (χ4n) is 2.68. The molecule has 0 bridgehead atoms. The molecule has 0 aliphatic heterocycles. The molecule has 0 aromatic heterocycles. The van der Waals surface area contributed by atoms with Crippen LogP contribution in [0.2, 0.25) is 0 Å². The first-order valence-corrected chi connectivity index (χ1v) is 6.81. The van der Waals surface area contributed by atoms with E-state index in [1.54, 1.807) is 0 Å². The average molecular weight is 231 g/mol. The summed E-state index contributed by atoms with van der Waals surface area (Å²) in [6.07, 6.45) is 2.81. The van der Waals surface area contributed by atoms with Crippen LogP contribution in [-0.4, -0.2) is 6.54 Å². The zero-order valence-electron chi connectivity index (χ0n) is 11.6. The van der Waals surface area contributed by atoms with Crippen molar-refractivity contribution in [1.82, 2.24) is 5.32 Å². The standard InChI is InChI=1S/C16H25N/c1-12(2)16(8-9-16)11-17-10-15-13(3)6-5-7-14(15)4/h5-7,12,17H,8-11H2,1-4H3. The lowest BCUT2D eigenvalue weighted by Crippen LogP contribution is -2.27. The predicted octanol–water partition coefficient (Wildman–Crippen LogP) is 3.83. The number of benzene rings is 1. The summed E-state index contributed by atoms with van der Waals surface area (Å²) in [6.45, 7) is 11.3. The number of rotatable bonds is 5. The molecule has 1 saturated carbocycles. The van der Waals surface area contributed by atoms with E-state index in [4.69, 9.17) is 0 Å². The van der Waals surface area contributed by atoms with E-state index in [1.165, 1.54) is 36.1 Å². The van der Waals surface area contributed by atoms with Gasteiger partial charge in [0.2, 0.25) is 0 Å². The summed E-state index contributed by atoms with van der Waals surface area (Å²) in [4.78, 5) is 0. The van der Waals surface area contributed by atoms with Gasteiger partial charge in [0.1, 0.15) is 0 Å². The highest BCUT2D eigenvalue weighted by Crippen LogP contribution is 2.51. The van der Waals surface area contributed by atoms with Crippen LogP contribution in [0.25, 0.3) is 0 Å². The van der Waals surface area contributed by atoms with Crippen LogP contribution in [0, 0.1) is 25.2 Å². The Morgan fingerprint density at radius 3 is 2.24 bits per heavy atom. The Bertz CT molecular complexity index is 368. The van der Waals surface area contributed by atoms with Crippen LogP contribution in [0.5, 0.6) is 0 Å². The van der Waals surface area contributed by atoms with Gasteiger partial charge in [-0.05, 0) is 54.7 Å². The van der Waals surface area contributed by atoms with Gasteiger partial charge < -0.3 is 5.32 Å². The molecule has 1 fully saturated rings. The third kappa shape index (κ3) is 2.71. The second-order valence-electron chi connectivity index (χ2n) is 5.99. The molecule has 1 aromatic carbocycles. The van der Waals surface area contributed by atoms with E-state index < -0.39 is 0 Å². The van der Waals surface area contributed by atoms with Gasteiger partial charge in [0.25, 0.3) is 0 Å². The van der Waals surface area contributed by atoms with Gasteiger partial charge in [-0.25, -0.2) is 0 Å². The molecule has 0 saturated heterocycles. The van der Waals surface area contributed by atoms with Gasteiger partial charge in [-0.2, -0.15) is 0 Å². The maximum Gasteiger partial charge on any atom is 0.0210 e. The van der Waals surface area contributed by atoms with Crippen LogP contribution in [0.4, 0.5) is 0 Å². The minimum atomic E-state index is 0.608. The van der Waals surface area contributed by atoms with Gasteiger partial charge in [0.05, 0.1) is 0 Å². The molecule has 0 spiro atoms. The third-order valence-corrected chi connectivity index (χ3v) is 4.54. The molecule has 1 aliphatic carbocycles. The Hall–Kier alpha value is -0.820. The molecule has 0 unspecified atom stereocenters. The van der Waals surface area contributed by atoms with Crippen molar-refractivity contribution in [3.05, 3.63) is 34.9 Å². The lowest BCUT2D eigenvalue weighted by atomic mass is 9.92. The molecule has 0 heterocycles. The molecule has 1 N–H and O–H groups in total. The van der Waals surface area contributed by atoms with Gasteiger partial charge in [0, 0.05) is 13.1 Å². The fourth-order valence-corrected chi connectivity index (χ4v) is 2.68. The van der Waals surface area contributed by atoms with E-state index in [-0.39, 0.29) is 0 Å². The largest absolute Gasteiger partial charge is 0.312 e. The van der Waals surface area contributed by atoms with E-state index in [1.807, 2.05) is 0 Å². The topological polar surface area (TPSA) is 12.0 Å².